The lowest BCUT2D eigenvalue weighted by molar-refractivity contribution is 0.408. The molecule has 0 aliphatic carbocycles. The van der Waals surface area contributed by atoms with Gasteiger partial charge in [0, 0.05) is 6.20 Å². The van der Waals surface area contributed by atoms with Gasteiger partial charge >= 0.3 is 0 Å². The summed E-state index contributed by atoms with van der Waals surface area (Å²) >= 11 is 0. The number of furan rings is 1. The minimum atomic E-state index is 0.00583. The molecular formula is C14H18N2O2. The van der Waals surface area contributed by atoms with Crippen LogP contribution in [0.3, 0.4) is 0 Å². The van der Waals surface area contributed by atoms with Crippen molar-refractivity contribution in [2.75, 3.05) is 13.7 Å². The molecule has 2 heterocycles. The van der Waals surface area contributed by atoms with E-state index in [1.54, 1.807) is 13.3 Å². The molecule has 0 spiro atoms. The highest BCUT2D eigenvalue weighted by Gasteiger charge is 2.17. The Labute approximate surface area is 107 Å². The zero-order chi connectivity index (χ0) is 13.0. The van der Waals surface area contributed by atoms with Crippen molar-refractivity contribution in [1.29, 1.82) is 0 Å². The second-order valence-electron chi connectivity index (χ2n) is 4.10. The SMILES string of the molecule is CCNC(c1cncc(OC)c1)c1ccc(C)o1. The summed E-state index contributed by atoms with van der Waals surface area (Å²) < 4.78 is 10.9. The van der Waals surface area contributed by atoms with Gasteiger partial charge in [0.1, 0.15) is 17.3 Å². The average molecular weight is 246 g/mol. The van der Waals surface area contributed by atoms with Crippen LogP contribution in [0.2, 0.25) is 0 Å². The van der Waals surface area contributed by atoms with E-state index in [1.807, 2.05) is 31.3 Å². The van der Waals surface area contributed by atoms with Gasteiger partial charge in [-0.15, -0.1) is 0 Å². The highest BCUT2D eigenvalue weighted by atomic mass is 16.5. The minimum absolute atomic E-state index is 0.00583. The lowest BCUT2D eigenvalue weighted by Crippen LogP contribution is -2.21. The van der Waals surface area contributed by atoms with E-state index < -0.39 is 0 Å². The predicted octanol–water partition coefficient (Wildman–Crippen LogP) is 2.69. The van der Waals surface area contributed by atoms with Crippen LogP contribution in [0, 0.1) is 6.92 Å². The number of ether oxygens (including phenoxy) is 1. The molecule has 2 aromatic heterocycles. The Morgan fingerprint density at radius 1 is 1.39 bits per heavy atom. The van der Waals surface area contributed by atoms with Crippen LogP contribution in [0.5, 0.6) is 5.75 Å². The van der Waals surface area contributed by atoms with Crippen molar-refractivity contribution in [3.05, 3.63) is 47.7 Å². The largest absolute Gasteiger partial charge is 0.495 e. The van der Waals surface area contributed by atoms with Crippen LogP contribution in [-0.2, 0) is 0 Å². The van der Waals surface area contributed by atoms with Gasteiger partial charge in [0.15, 0.2) is 0 Å². The van der Waals surface area contributed by atoms with Crippen LogP contribution in [0.25, 0.3) is 0 Å². The monoisotopic (exact) mass is 246 g/mol. The number of rotatable bonds is 5. The van der Waals surface area contributed by atoms with Crippen molar-refractivity contribution in [3.63, 3.8) is 0 Å². The number of methoxy groups -OCH3 is 1. The molecule has 0 aromatic carbocycles. The van der Waals surface area contributed by atoms with Crippen molar-refractivity contribution < 1.29 is 9.15 Å². The molecule has 96 valence electrons. The van der Waals surface area contributed by atoms with Crippen molar-refractivity contribution in [3.8, 4) is 5.75 Å². The summed E-state index contributed by atoms with van der Waals surface area (Å²) in [6.45, 7) is 4.86. The molecule has 0 saturated carbocycles. The fraction of sp³-hybridized carbons (Fsp3) is 0.357. The fourth-order valence-electron chi connectivity index (χ4n) is 1.90. The maximum Gasteiger partial charge on any atom is 0.137 e. The van der Waals surface area contributed by atoms with E-state index in [4.69, 9.17) is 9.15 Å². The number of pyridine rings is 1. The van der Waals surface area contributed by atoms with Gasteiger partial charge in [0.25, 0.3) is 0 Å². The summed E-state index contributed by atoms with van der Waals surface area (Å²) in [7, 11) is 1.64. The maximum absolute atomic E-state index is 5.70. The highest BCUT2D eigenvalue weighted by molar-refractivity contribution is 5.30. The van der Waals surface area contributed by atoms with E-state index >= 15 is 0 Å². The lowest BCUT2D eigenvalue weighted by atomic mass is 10.1. The Bertz CT molecular complexity index is 508. The second-order valence-corrected chi connectivity index (χ2v) is 4.10. The van der Waals surface area contributed by atoms with Crippen molar-refractivity contribution in [1.82, 2.24) is 10.3 Å². The van der Waals surface area contributed by atoms with Crippen LogP contribution >= 0.6 is 0 Å². The molecule has 18 heavy (non-hydrogen) atoms. The summed E-state index contributed by atoms with van der Waals surface area (Å²) in [6.07, 6.45) is 3.52. The Morgan fingerprint density at radius 3 is 2.83 bits per heavy atom. The molecule has 1 unspecified atom stereocenters. The van der Waals surface area contributed by atoms with Gasteiger partial charge in [-0.1, -0.05) is 6.92 Å². The first-order valence-corrected chi connectivity index (χ1v) is 6.03. The van der Waals surface area contributed by atoms with E-state index in [2.05, 4.69) is 17.2 Å². The molecule has 0 radical (unpaired) electrons. The Kier molecular flexibility index (Phi) is 3.99. The van der Waals surface area contributed by atoms with Crippen LogP contribution in [-0.4, -0.2) is 18.6 Å². The first-order chi connectivity index (χ1) is 8.74. The van der Waals surface area contributed by atoms with Crippen molar-refractivity contribution in [2.24, 2.45) is 0 Å². The average Bonchev–Trinajstić information content (AvgIpc) is 2.82. The van der Waals surface area contributed by atoms with Crippen LogP contribution in [0.1, 0.15) is 30.0 Å². The summed E-state index contributed by atoms with van der Waals surface area (Å²) in [6, 6.07) is 5.93. The zero-order valence-electron chi connectivity index (χ0n) is 10.9. The molecule has 0 bridgehead atoms. The molecule has 4 nitrogen and oxygen atoms in total. The smallest absolute Gasteiger partial charge is 0.137 e. The third kappa shape index (κ3) is 2.71. The topological polar surface area (TPSA) is 47.3 Å². The third-order valence-corrected chi connectivity index (χ3v) is 2.76. The molecular weight excluding hydrogens is 228 g/mol. The number of hydrogen-bond acceptors (Lipinski definition) is 4. The number of hydrogen-bond donors (Lipinski definition) is 1. The number of nitrogens with zero attached hydrogens (tertiary/aromatic N) is 1. The van der Waals surface area contributed by atoms with Crippen molar-refractivity contribution >= 4 is 0 Å². The highest BCUT2D eigenvalue weighted by Crippen LogP contribution is 2.25. The summed E-state index contributed by atoms with van der Waals surface area (Å²) in [4.78, 5) is 4.18. The molecule has 0 aliphatic rings. The molecule has 0 fully saturated rings. The Balaban J connectivity index is 2.34. The van der Waals surface area contributed by atoms with Gasteiger partial charge in [0.05, 0.1) is 19.3 Å². The number of aryl methyl sites for hydroxylation is 1. The number of nitrogens with one attached hydrogen (secondary N) is 1. The first kappa shape index (κ1) is 12.6. The standard InChI is InChI=1S/C14H18N2O2/c1-4-16-14(13-6-5-10(2)18-13)11-7-12(17-3)9-15-8-11/h5-9,14,16H,4H2,1-3H3. The molecule has 0 amide bonds. The van der Waals surface area contributed by atoms with E-state index in [0.29, 0.717) is 0 Å². The predicted molar refractivity (Wildman–Crippen MR) is 69.8 cm³/mol. The third-order valence-electron chi connectivity index (χ3n) is 2.76. The molecule has 1 N–H and O–H groups in total. The molecule has 0 saturated heterocycles. The minimum Gasteiger partial charge on any atom is -0.495 e. The van der Waals surface area contributed by atoms with Gasteiger partial charge < -0.3 is 14.5 Å². The van der Waals surface area contributed by atoms with Crippen LogP contribution in [0.4, 0.5) is 0 Å². The maximum atomic E-state index is 5.70. The first-order valence-electron chi connectivity index (χ1n) is 6.03. The van der Waals surface area contributed by atoms with Gasteiger partial charge in [-0.3, -0.25) is 4.98 Å². The Morgan fingerprint density at radius 2 is 2.22 bits per heavy atom. The van der Waals surface area contributed by atoms with E-state index in [9.17, 15) is 0 Å². The molecule has 0 aliphatic heterocycles. The summed E-state index contributed by atoms with van der Waals surface area (Å²) in [5.74, 6) is 2.55. The molecule has 4 heteroatoms. The quantitative estimate of drug-likeness (QED) is 0.881. The van der Waals surface area contributed by atoms with Gasteiger partial charge in [-0.05, 0) is 37.2 Å². The van der Waals surface area contributed by atoms with Crippen LogP contribution in [0.15, 0.2) is 35.0 Å². The summed E-state index contributed by atoms with van der Waals surface area (Å²) in [5, 5.41) is 3.39. The van der Waals surface area contributed by atoms with Crippen LogP contribution < -0.4 is 10.1 Å². The zero-order valence-corrected chi connectivity index (χ0v) is 10.9. The lowest BCUT2D eigenvalue weighted by Gasteiger charge is -2.16. The Hall–Kier alpha value is -1.81. The molecule has 2 rings (SSSR count). The summed E-state index contributed by atoms with van der Waals surface area (Å²) in [5.41, 5.74) is 1.03. The molecule has 1 atom stereocenters. The molecule has 2 aromatic rings. The van der Waals surface area contributed by atoms with Gasteiger partial charge in [-0.25, -0.2) is 0 Å². The van der Waals surface area contributed by atoms with Gasteiger partial charge in [0.2, 0.25) is 0 Å². The van der Waals surface area contributed by atoms with E-state index in [1.165, 1.54) is 0 Å². The van der Waals surface area contributed by atoms with E-state index in [-0.39, 0.29) is 6.04 Å². The fourth-order valence-corrected chi connectivity index (χ4v) is 1.90. The number of aromatic nitrogens is 1. The van der Waals surface area contributed by atoms with Crippen molar-refractivity contribution in [2.45, 2.75) is 19.9 Å². The normalized spacial score (nSPS) is 12.4. The van der Waals surface area contributed by atoms with Gasteiger partial charge in [-0.2, -0.15) is 0 Å². The van der Waals surface area contributed by atoms with E-state index in [0.717, 1.165) is 29.4 Å². The second kappa shape index (κ2) is 5.69.